The molecule has 0 unspecified atom stereocenters. The van der Waals surface area contributed by atoms with Crippen LogP contribution in [0.5, 0.6) is 0 Å². The van der Waals surface area contributed by atoms with Gasteiger partial charge in [-0.1, -0.05) is 15.9 Å². The van der Waals surface area contributed by atoms with Crippen LogP contribution in [0.1, 0.15) is 33.6 Å². The van der Waals surface area contributed by atoms with E-state index in [4.69, 9.17) is 0 Å². The van der Waals surface area contributed by atoms with Gasteiger partial charge in [-0.2, -0.15) is 0 Å². The summed E-state index contributed by atoms with van der Waals surface area (Å²) in [6, 6.07) is 5.47. The second-order valence-electron chi connectivity index (χ2n) is 4.70. The third kappa shape index (κ3) is 1.87. The first-order chi connectivity index (χ1) is 8.66. The van der Waals surface area contributed by atoms with Crippen molar-refractivity contribution in [3.63, 3.8) is 0 Å². The van der Waals surface area contributed by atoms with Crippen LogP contribution in [0.4, 0.5) is 0 Å². The lowest BCUT2D eigenvalue weighted by Crippen LogP contribution is -2.40. The van der Waals surface area contributed by atoms with Gasteiger partial charge in [0.15, 0.2) is 0 Å². The van der Waals surface area contributed by atoms with Gasteiger partial charge < -0.3 is 5.32 Å². The van der Waals surface area contributed by atoms with Crippen LogP contribution < -0.4 is 5.32 Å². The molecule has 0 aliphatic carbocycles. The Morgan fingerprint density at radius 1 is 1.28 bits per heavy atom. The Morgan fingerprint density at radius 3 is 2.78 bits per heavy atom. The molecule has 2 heterocycles. The average molecular weight is 309 g/mol. The first-order valence-electron chi connectivity index (χ1n) is 6.06. The maximum atomic E-state index is 12.2. The van der Waals surface area contributed by atoms with E-state index < -0.39 is 0 Å². The highest BCUT2D eigenvalue weighted by molar-refractivity contribution is 9.10. The lowest BCUT2D eigenvalue weighted by atomic mass is 10.1. The van der Waals surface area contributed by atoms with Gasteiger partial charge in [0.1, 0.15) is 0 Å². The molecule has 5 heteroatoms. The van der Waals surface area contributed by atoms with Gasteiger partial charge in [0, 0.05) is 17.1 Å². The zero-order chi connectivity index (χ0) is 12.7. The number of hydrogen-bond acceptors (Lipinski definition) is 3. The highest BCUT2D eigenvalue weighted by Gasteiger charge is 2.37. The number of carbonyl (C=O) groups excluding carboxylic acids is 2. The standard InChI is InChI=1S/C13H13BrN2O2/c14-8-3-4-10-11(6-8)13(18)16(12(10)17)7-9-2-1-5-15-9/h3-4,6,9,15H,1-2,5,7H2/t9-/m0/s1. The lowest BCUT2D eigenvalue weighted by Gasteiger charge is -2.18. The number of fused-ring (bicyclic) bond motifs is 1. The van der Waals surface area contributed by atoms with Crippen molar-refractivity contribution in [3.05, 3.63) is 33.8 Å². The van der Waals surface area contributed by atoms with Crippen LogP contribution in [0.3, 0.4) is 0 Å². The van der Waals surface area contributed by atoms with Gasteiger partial charge in [0.25, 0.3) is 11.8 Å². The van der Waals surface area contributed by atoms with Crippen LogP contribution in [0.2, 0.25) is 0 Å². The summed E-state index contributed by atoms with van der Waals surface area (Å²) in [5, 5.41) is 3.31. The number of rotatable bonds is 2. The third-order valence-corrected chi connectivity index (χ3v) is 3.99. The molecule has 1 aromatic rings. The van der Waals surface area contributed by atoms with E-state index in [1.807, 2.05) is 0 Å². The number of carbonyl (C=O) groups is 2. The quantitative estimate of drug-likeness (QED) is 0.848. The van der Waals surface area contributed by atoms with Gasteiger partial charge in [-0.25, -0.2) is 0 Å². The van der Waals surface area contributed by atoms with Gasteiger partial charge in [-0.3, -0.25) is 14.5 Å². The number of benzene rings is 1. The first kappa shape index (κ1) is 11.9. The monoisotopic (exact) mass is 308 g/mol. The van der Waals surface area contributed by atoms with Crippen molar-refractivity contribution in [2.24, 2.45) is 0 Å². The molecule has 4 nitrogen and oxygen atoms in total. The van der Waals surface area contributed by atoms with Crippen molar-refractivity contribution in [2.75, 3.05) is 13.1 Å². The van der Waals surface area contributed by atoms with Gasteiger partial charge in [0.2, 0.25) is 0 Å². The highest BCUT2D eigenvalue weighted by Crippen LogP contribution is 2.26. The maximum Gasteiger partial charge on any atom is 0.261 e. The minimum Gasteiger partial charge on any atom is -0.312 e. The van der Waals surface area contributed by atoms with Crippen molar-refractivity contribution in [1.82, 2.24) is 10.2 Å². The van der Waals surface area contributed by atoms with E-state index in [-0.39, 0.29) is 17.9 Å². The Kier molecular flexibility index (Phi) is 2.95. The van der Waals surface area contributed by atoms with Gasteiger partial charge in [-0.15, -0.1) is 0 Å². The smallest absolute Gasteiger partial charge is 0.261 e. The van der Waals surface area contributed by atoms with E-state index in [0.717, 1.165) is 23.9 Å². The van der Waals surface area contributed by atoms with E-state index in [1.165, 1.54) is 4.90 Å². The summed E-state index contributed by atoms with van der Waals surface area (Å²) in [5.74, 6) is -0.346. The molecule has 2 amide bonds. The minimum atomic E-state index is -0.176. The summed E-state index contributed by atoms with van der Waals surface area (Å²) >= 11 is 3.33. The summed E-state index contributed by atoms with van der Waals surface area (Å²) in [6.07, 6.45) is 2.14. The molecule has 0 bridgehead atoms. The molecule has 1 saturated heterocycles. The average Bonchev–Trinajstić information content (AvgIpc) is 2.93. The number of nitrogens with one attached hydrogen (secondary N) is 1. The number of hydrogen-bond donors (Lipinski definition) is 1. The summed E-state index contributed by atoms with van der Waals surface area (Å²) in [6.45, 7) is 1.45. The Morgan fingerprint density at radius 2 is 2.06 bits per heavy atom. The molecule has 3 rings (SSSR count). The van der Waals surface area contributed by atoms with Crippen molar-refractivity contribution in [2.45, 2.75) is 18.9 Å². The van der Waals surface area contributed by atoms with E-state index in [0.29, 0.717) is 17.7 Å². The molecule has 0 spiro atoms. The number of nitrogens with zero attached hydrogens (tertiary/aromatic N) is 1. The topological polar surface area (TPSA) is 49.4 Å². The van der Waals surface area contributed by atoms with Gasteiger partial charge >= 0.3 is 0 Å². The zero-order valence-corrected chi connectivity index (χ0v) is 11.4. The van der Waals surface area contributed by atoms with Crippen molar-refractivity contribution < 1.29 is 9.59 Å². The van der Waals surface area contributed by atoms with Crippen molar-refractivity contribution in [3.8, 4) is 0 Å². The van der Waals surface area contributed by atoms with Crippen LogP contribution in [0.25, 0.3) is 0 Å². The Labute approximate surface area is 113 Å². The molecule has 1 atom stereocenters. The molecule has 1 aromatic carbocycles. The van der Waals surface area contributed by atoms with E-state index in [9.17, 15) is 9.59 Å². The second kappa shape index (κ2) is 4.48. The maximum absolute atomic E-state index is 12.2. The number of amides is 2. The van der Waals surface area contributed by atoms with E-state index >= 15 is 0 Å². The number of imide groups is 1. The lowest BCUT2D eigenvalue weighted by molar-refractivity contribution is 0.0641. The summed E-state index contributed by atoms with van der Waals surface area (Å²) in [4.78, 5) is 25.7. The molecule has 94 valence electrons. The largest absolute Gasteiger partial charge is 0.312 e. The van der Waals surface area contributed by atoms with Crippen LogP contribution in [-0.4, -0.2) is 35.8 Å². The summed E-state index contributed by atoms with van der Waals surface area (Å²) in [7, 11) is 0. The molecule has 18 heavy (non-hydrogen) atoms. The Bertz CT molecular complexity index is 524. The predicted octanol–water partition coefficient (Wildman–Crippen LogP) is 1.80. The summed E-state index contributed by atoms with van der Waals surface area (Å²) in [5.41, 5.74) is 1.02. The molecule has 2 aliphatic heterocycles. The Balaban J connectivity index is 1.87. The van der Waals surface area contributed by atoms with Crippen LogP contribution >= 0.6 is 15.9 Å². The summed E-state index contributed by atoms with van der Waals surface area (Å²) < 4.78 is 0.822. The van der Waals surface area contributed by atoms with Crippen molar-refractivity contribution in [1.29, 1.82) is 0 Å². The molecule has 1 N–H and O–H groups in total. The van der Waals surface area contributed by atoms with Crippen molar-refractivity contribution >= 4 is 27.7 Å². The van der Waals surface area contributed by atoms with Crippen LogP contribution in [-0.2, 0) is 0 Å². The molecular formula is C13H13BrN2O2. The van der Waals surface area contributed by atoms with Gasteiger partial charge in [0.05, 0.1) is 11.1 Å². The molecule has 0 saturated carbocycles. The fraction of sp³-hybridized carbons (Fsp3) is 0.385. The normalized spacial score (nSPS) is 22.7. The highest BCUT2D eigenvalue weighted by atomic mass is 79.9. The third-order valence-electron chi connectivity index (χ3n) is 3.50. The van der Waals surface area contributed by atoms with Crippen LogP contribution in [0.15, 0.2) is 22.7 Å². The molecule has 0 radical (unpaired) electrons. The fourth-order valence-electron chi connectivity index (χ4n) is 2.56. The second-order valence-corrected chi connectivity index (χ2v) is 5.62. The predicted molar refractivity (Wildman–Crippen MR) is 70.5 cm³/mol. The van der Waals surface area contributed by atoms with Crippen LogP contribution in [0, 0.1) is 0 Å². The zero-order valence-electron chi connectivity index (χ0n) is 9.78. The van der Waals surface area contributed by atoms with E-state index in [1.54, 1.807) is 18.2 Å². The minimum absolute atomic E-state index is 0.170. The molecular weight excluding hydrogens is 296 g/mol. The molecule has 0 aromatic heterocycles. The van der Waals surface area contributed by atoms with Gasteiger partial charge in [-0.05, 0) is 37.6 Å². The SMILES string of the molecule is O=C1c2ccc(Br)cc2C(=O)N1C[C@@H]1CCCN1. The fourth-order valence-corrected chi connectivity index (χ4v) is 2.92. The Hall–Kier alpha value is -1.20. The number of halogens is 1. The molecule has 2 aliphatic rings. The first-order valence-corrected chi connectivity index (χ1v) is 6.85. The van der Waals surface area contributed by atoms with E-state index in [2.05, 4.69) is 21.2 Å². The molecule has 1 fully saturated rings.